The van der Waals surface area contributed by atoms with Crippen molar-refractivity contribution < 1.29 is 18.3 Å². The Labute approximate surface area is 139 Å². The highest BCUT2D eigenvalue weighted by molar-refractivity contribution is 5.78. The van der Waals surface area contributed by atoms with Crippen molar-refractivity contribution in [1.82, 2.24) is 10.2 Å². The first-order chi connectivity index (χ1) is 11.6. The van der Waals surface area contributed by atoms with Crippen LogP contribution in [0.5, 0.6) is 5.75 Å². The maximum Gasteiger partial charge on any atom is 0.261 e. The van der Waals surface area contributed by atoms with Crippen LogP contribution in [-0.2, 0) is 4.79 Å². The van der Waals surface area contributed by atoms with E-state index in [0.29, 0.717) is 25.4 Å². The summed E-state index contributed by atoms with van der Waals surface area (Å²) in [4.78, 5) is 14.2. The van der Waals surface area contributed by atoms with Crippen LogP contribution in [-0.4, -0.2) is 37.0 Å². The van der Waals surface area contributed by atoms with Gasteiger partial charge in [-0.3, -0.25) is 4.79 Å². The first-order valence-corrected chi connectivity index (χ1v) is 7.77. The molecule has 1 fully saturated rings. The number of hydrogen-bond donors (Lipinski definition) is 1. The summed E-state index contributed by atoms with van der Waals surface area (Å²) in [6, 6.07) is 11.5. The van der Waals surface area contributed by atoms with Gasteiger partial charge >= 0.3 is 0 Å². The van der Waals surface area contributed by atoms with E-state index in [1.807, 2.05) is 6.07 Å². The van der Waals surface area contributed by atoms with Crippen molar-refractivity contribution in [3.63, 3.8) is 0 Å². The topological polar surface area (TPSA) is 41.6 Å². The fourth-order valence-corrected chi connectivity index (χ4v) is 2.77. The van der Waals surface area contributed by atoms with Crippen molar-refractivity contribution in [2.75, 3.05) is 26.2 Å². The Bertz CT molecular complexity index is 706. The maximum absolute atomic E-state index is 13.5. The monoisotopic (exact) mass is 332 g/mol. The minimum atomic E-state index is -0.359. The predicted molar refractivity (Wildman–Crippen MR) is 85.6 cm³/mol. The molecule has 2 aromatic carbocycles. The number of rotatable bonds is 4. The molecule has 1 aliphatic rings. The minimum Gasteiger partial charge on any atom is -0.484 e. The quantitative estimate of drug-likeness (QED) is 0.935. The first kappa shape index (κ1) is 16.4. The van der Waals surface area contributed by atoms with Crippen molar-refractivity contribution in [3.8, 4) is 5.75 Å². The summed E-state index contributed by atoms with van der Waals surface area (Å²) < 4.78 is 31.8. The van der Waals surface area contributed by atoms with E-state index >= 15 is 0 Å². The highest BCUT2D eigenvalue weighted by Gasteiger charge is 2.28. The second-order valence-corrected chi connectivity index (χ2v) is 5.60. The molecule has 1 atom stereocenters. The van der Waals surface area contributed by atoms with E-state index in [4.69, 9.17) is 4.74 Å². The molecule has 6 heteroatoms. The zero-order chi connectivity index (χ0) is 16.9. The largest absolute Gasteiger partial charge is 0.484 e. The van der Waals surface area contributed by atoms with Gasteiger partial charge in [0.25, 0.3) is 5.91 Å². The Morgan fingerprint density at radius 3 is 2.71 bits per heavy atom. The van der Waals surface area contributed by atoms with E-state index in [2.05, 4.69) is 5.32 Å². The number of amides is 1. The lowest BCUT2D eigenvalue weighted by Crippen LogP contribution is -2.50. The molecule has 0 saturated carbocycles. The van der Waals surface area contributed by atoms with Crippen LogP contribution in [0.4, 0.5) is 8.78 Å². The molecule has 0 aromatic heterocycles. The lowest BCUT2D eigenvalue weighted by Gasteiger charge is -2.36. The van der Waals surface area contributed by atoms with E-state index in [0.717, 1.165) is 5.56 Å². The third kappa shape index (κ3) is 3.89. The van der Waals surface area contributed by atoms with Crippen LogP contribution >= 0.6 is 0 Å². The minimum absolute atomic E-state index is 0.141. The van der Waals surface area contributed by atoms with Crippen molar-refractivity contribution in [1.29, 1.82) is 0 Å². The Hall–Kier alpha value is -2.47. The van der Waals surface area contributed by atoms with Gasteiger partial charge in [-0.25, -0.2) is 8.78 Å². The van der Waals surface area contributed by atoms with Gasteiger partial charge in [-0.15, -0.1) is 0 Å². The predicted octanol–water partition coefficient (Wildman–Crippen LogP) is 2.52. The number of ether oxygens (including phenoxy) is 1. The third-order valence-electron chi connectivity index (χ3n) is 3.97. The summed E-state index contributed by atoms with van der Waals surface area (Å²) in [6.45, 7) is 1.62. The van der Waals surface area contributed by atoms with Crippen LogP contribution in [0.25, 0.3) is 0 Å². The zero-order valence-corrected chi connectivity index (χ0v) is 13.0. The molecule has 0 aliphatic carbocycles. The number of piperazine rings is 1. The van der Waals surface area contributed by atoms with Crippen LogP contribution in [0.2, 0.25) is 0 Å². The summed E-state index contributed by atoms with van der Waals surface area (Å²) in [5.41, 5.74) is 0.748. The summed E-state index contributed by atoms with van der Waals surface area (Å²) in [6.07, 6.45) is 0. The SMILES string of the molecule is O=C(COc1ccc(F)cc1)N1CCNCC1c1cccc(F)c1. The summed E-state index contributed by atoms with van der Waals surface area (Å²) in [5.74, 6) is -0.438. The lowest BCUT2D eigenvalue weighted by atomic mass is 10.0. The molecular weight excluding hydrogens is 314 g/mol. The van der Waals surface area contributed by atoms with E-state index in [-0.39, 0.29) is 30.2 Å². The van der Waals surface area contributed by atoms with Crippen LogP contribution in [0.15, 0.2) is 48.5 Å². The molecule has 2 aromatic rings. The number of halogens is 2. The lowest BCUT2D eigenvalue weighted by molar-refractivity contribution is -0.136. The second kappa shape index (κ2) is 7.40. The summed E-state index contributed by atoms with van der Waals surface area (Å²) >= 11 is 0. The first-order valence-electron chi connectivity index (χ1n) is 7.77. The average molecular weight is 332 g/mol. The van der Waals surface area contributed by atoms with Crippen molar-refractivity contribution >= 4 is 5.91 Å². The number of carbonyl (C=O) groups is 1. The molecule has 126 valence electrons. The molecule has 24 heavy (non-hydrogen) atoms. The summed E-state index contributed by atoms with van der Waals surface area (Å²) in [5, 5.41) is 3.22. The average Bonchev–Trinajstić information content (AvgIpc) is 2.61. The fraction of sp³-hybridized carbons (Fsp3) is 0.278. The fourth-order valence-electron chi connectivity index (χ4n) is 2.77. The van der Waals surface area contributed by atoms with E-state index in [1.54, 1.807) is 11.0 Å². The molecule has 1 amide bonds. The Balaban J connectivity index is 1.68. The highest BCUT2D eigenvalue weighted by atomic mass is 19.1. The Morgan fingerprint density at radius 2 is 1.96 bits per heavy atom. The van der Waals surface area contributed by atoms with Gasteiger partial charge in [-0.1, -0.05) is 12.1 Å². The normalized spacial score (nSPS) is 17.6. The Kier molecular flexibility index (Phi) is 5.05. The van der Waals surface area contributed by atoms with E-state index < -0.39 is 0 Å². The molecule has 1 N–H and O–H groups in total. The molecule has 1 unspecified atom stereocenters. The Morgan fingerprint density at radius 1 is 1.17 bits per heavy atom. The third-order valence-corrected chi connectivity index (χ3v) is 3.97. The van der Waals surface area contributed by atoms with E-state index in [9.17, 15) is 13.6 Å². The summed E-state index contributed by atoms with van der Waals surface area (Å²) in [7, 11) is 0. The molecule has 4 nitrogen and oxygen atoms in total. The molecule has 3 rings (SSSR count). The van der Waals surface area contributed by atoms with E-state index in [1.165, 1.54) is 36.4 Å². The maximum atomic E-state index is 13.5. The van der Waals surface area contributed by atoms with Gasteiger partial charge in [0.2, 0.25) is 0 Å². The van der Waals surface area contributed by atoms with Crippen LogP contribution in [0.3, 0.4) is 0 Å². The zero-order valence-electron chi connectivity index (χ0n) is 13.0. The van der Waals surface area contributed by atoms with Crippen LogP contribution in [0, 0.1) is 11.6 Å². The molecule has 0 radical (unpaired) electrons. The van der Waals surface area contributed by atoms with Gasteiger partial charge in [0.1, 0.15) is 17.4 Å². The molecule has 0 spiro atoms. The number of carbonyl (C=O) groups excluding carboxylic acids is 1. The molecule has 1 heterocycles. The van der Waals surface area contributed by atoms with Gasteiger partial charge < -0.3 is 15.0 Å². The van der Waals surface area contributed by atoms with Crippen LogP contribution in [0.1, 0.15) is 11.6 Å². The van der Waals surface area contributed by atoms with Crippen LogP contribution < -0.4 is 10.1 Å². The smallest absolute Gasteiger partial charge is 0.261 e. The number of hydrogen-bond acceptors (Lipinski definition) is 3. The molecule has 1 aliphatic heterocycles. The number of nitrogens with zero attached hydrogens (tertiary/aromatic N) is 1. The van der Waals surface area contributed by atoms with Crippen molar-refractivity contribution in [2.24, 2.45) is 0 Å². The molecular formula is C18H18F2N2O2. The van der Waals surface area contributed by atoms with Crippen molar-refractivity contribution in [2.45, 2.75) is 6.04 Å². The van der Waals surface area contributed by atoms with Crippen molar-refractivity contribution in [3.05, 3.63) is 65.7 Å². The second-order valence-electron chi connectivity index (χ2n) is 5.60. The standard InChI is InChI=1S/C18H18F2N2O2/c19-14-4-6-16(7-5-14)24-12-18(23)22-9-8-21-11-17(22)13-2-1-3-15(20)10-13/h1-7,10,17,21H,8-9,11-12H2. The van der Waals surface area contributed by atoms with Gasteiger partial charge in [-0.2, -0.15) is 0 Å². The molecule has 0 bridgehead atoms. The van der Waals surface area contributed by atoms with Gasteiger partial charge in [0.15, 0.2) is 6.61 Å². The number of benzene rings is 2. The molecule has 1 saturated heterocycles. The van der Waals surface area contributed by atoms with Gasteiger partial charge in [0.05, 0.1) is 6.04 Å². The number of nitrogens with one attached hydrogen (secondary N) is 1. The van der Waals surface area contributed by atoms with Gasteiger partial charge in [-0.05, 0) is 42.0 Å². The van der Waals surface area contributed by atoms with Gasteiger partial charge in [0, 0.05) is 19.6 Å². The highest BCUT2D eigenvalue weighted by Crippen LogP contribution is 2.23.